The zero-order valence-electron chi connectivity index (χ0n) is 15.7. The van der Waals surface area contributed by atoms with Crippen molar-refractivity contribution >= 4 is 20.9 Å². The smallest absolute Gasteiger partial charge is 0.278 e. The van der Waals surface area contributed by atoms with Crippen LogP contribution in [0.1, 0.15) is 39.4 Å². The first-order valence-corrected chi connectivity index (χ1v) is 10.2. The normalized spacial score (nSPS) is 12.9. The fraction of sp³-hybridized carbons (Fsp3) is 0.412. The molecule has 27 heavy (non-hydrogen) atoms. The molecule has 0 saturated carbocycles. The van der Waals surface area contributed by atoms with E-state index in [1.165, 1.54) is 15.6 Å². The van der Waals surface area contributed by atoms with Gasteiger partial charge in [0.05, 0.1) is 5.69 Å². The topological polar surface area (TPSA) is 120 Å². The molecular formula is C17H21N5O4S. The van der Waals surface area contributed by atoms with Crippen LogP contribution in [0.5, 0.6) is 0 Å². The largest absolute Gasteiger partial charge is 0.384 e. The molecule has 0 aliphatic heterocycles. The molecule has 144 valence electrons. The lowest BCUT2D eigenvalue weighted by atomic mass is 10.1. The summed E-state index contributed by atoms with van der Waals surface area (Å²) in [6.07, 6.45) is 2.22. The number of aromatic nitrogens is 5. The Morgan fingerprint density at radius 3 is 2.41 bits per heavy atom. The van der Waals surface area contributed by atoms with Gasteiger partial charge in [0.1, 0.15) is 11.0 Å². The lowest BCUT2D eigenvalue weighted by Crippen LogP contribution is -2.25. The molecule has 0 saturated heterocycles. The minimum absolute atomic E-state index is 0.143. The summed E-state index contributed by atoms with van der Waals surface area (Å²) < 4.78 is 26.6. The third-order valence-corrected chi connectivity index (χ3v) is 4.86. The first kappa shape index (κ1) is 19.2. The van der Waals surface area contributed by atoms with Crippen LogP contribution in [0.25, 0.3) is 16.9 Å². The van der Waals surface area contributed by atoms with Gasteiger partial charge < -0.3 is 5.11 Å². The highest BCUT2D eigenvalue weighted by atomic mass is 32.2. The molecule has 0 aliphatic carbocycles. The molecule has 0 radical (unpaired) electrons. The predicted molar refractivity (Wildman–Crippen MR) is 99.7 cm³/mol. The fourth-order valence-corrected chi connectivity index (χ4v) is 3.23. The van der Waals surface area contributed by atoms with Crippen molar-refractivity contribution < 1.29 is 13.5 Å². The van der Waals surface area contributed by atoms with Crippen molar-refractivity contribution in [1.82, 2.24) is 24.3 Å². The minimum Gasteiger partial charge on any atom is -0.384 e. The van der Waals surface area contributed by atoms with Crippen LogP contribution in [0.2, 0.25) is 0 Å². The zero-order valence-corrected chi connectivity index (χ0v) is 16.5. The Kier molecular flexibility index (Phi) is 4.43. The number of hydrogen-bond acceptors (Lipinski definition) is 7. The van der Waals surface area contributed by atoms with Gasteiger partial charge in [-0.15, -0.1) is 0 Å². The molecule has 3 rings (SSSR count). The SMILES string of the molecule is CC(C)n1c(=O)c2cnc(S(C)(=O)=O)nc2n1-c1cccc(C(C)(C)O)n1. The van der Waals surface area contributed by atoms with E-state index >= 15 is 0 Å². The molecule has 0 bridgehead atoms. The lowest BCUT2D eigenvalue weighted by molar-refractivity contribution is 0.0738. The monoisotopic (exact) mass is 391 g/mol. The zero-order chi connectivity index (χ0) is 20.1. The quantitative estimate of drug-likeness (QED) is 0.663. The summed E-state index contributed by atoms with van der Waals surface area (Å²) in [7, 11) is -3.66. The molecule has 0 unspecified atom stereocenters. The second-order valence-electron chi connectivity index (χ2n) is 7.16. The molecule has 10 heteroatoms. The standard InChI is InChI=1S/C17H21N5O4S/c1-10(2)21-15(23)11-9-18-16(27(5,25)26)20-14(11)22(21)13-8-6-7-12(19-13)17(3,4)24/h6-10,24H,1-5H3. The molecule has 0 amide bonds. The molecule has 0 spiro atoms. The molecule has 9 nitrogen and oxygen atoms in total. The maximum absolute atomic E-state index is 12.8. The van der Waals surface area contributed by atoms with Crippen molar-refractivity contribution in [2.45, 2.75) is 44.5 Å². The lowest BCUT2D eigenvalue weighted by Gasteiger charge is -2.19. The maximum atomic E-state index is 12.8. The van der Waals surface area contributed by atoms with E-state index < -0.39 is 15.4 Å². The molecule has 0 atom stereocenters. The van der Waals surface area contributed by atoms with Gasteiger partial charge in [0.25, 0.3) is 5.56 Å². The third-order valence-electron chi connectivity index (χ3n) is 4.00. The van der Waals surface area contributed by atoms with Crippen molar-refractivity contribution in [3.63, 3.8) is 0 Å². The average molecular weight is 391 g/mol. The van der Waals surface area contributed by atoms with Crippen LogP contribution in [0.15, 0.2) is 34.3 Å². The van der Waals surface area contributed by atoms with E-state index in [0.717, 1.165) is 6.26 Å². The van der Waals surface area contributed by atoms with E-state index in [2.05, 4.69) is 15.0 Å². The Morgan fingerprint density at radius 1 is 1.19 bits per heavy atom. The van der Waals surface area contributed by atoms with Crippen molar-refractivity contribution in [3.8, 4) is 5.82 Å². The molecule has 3 aromatic rings. The summed E-state index contributed by atoms with van der Waals surface area (Å²) in [6.45, 7) is 6.85. The van der Waals surface area contributed by atoms with E-state index in [0.29, 0.717) is 11.5 Å². The van der Waals surface area contributed by atoms with Crippen molar-refractivity contribution in [2.75, 3.05) is 6.26 Å². The molecule has 3 aromatic heterocycles. The van der Waals surface area contributed by atoms with Crippen LogP contribution in [0.3, 0.4) is 0 Å². The van der Waals surface area contributed by atoms with E-state index in [-0.39, 0.29) is 27.8 Å². The first-order valence-electron chi connectivity index (χ1n) is 8.32. The first-order chi connectivity index (χ1) is 12.4. The molecule has 0 aromatic carbocycles. The summed E-state index contributed by atoms with van der Waals surface area (Å²) >= 11 is 0. The summed E-state index contributed by atoms with van der Waals surface area (Å²) in [5.41, 5.74) is -0.989. The van der Waals surface area contributed by atoms with E-state index in [1.807, 2.05) is 13.8 Å². The highest BCUT2D eigenvalue weighted by molar-refractivity contribution is 7.90. The van der Waals surface area contributed by atoms with Gasteiger partial charge in [-0.3, -0.25) is 4.79 Å². The van der Waals surface area contributed by atoms with Gasteiger partial charge >= 0.3 is 0 Å². The van der Waals surface area contributed by atoms with Gasteiger partial charge in [0.2, 0.25) is 15.0 Å². The highest BCUT2D eigenvalue weighted by Gasteiger charge is 2.24. The Labute approximate surface area is 156 Å². The fourth-order valence-electron chi connectivity index (χ4n) is 2.73. The molecular weight excluding hydrogens is 370 g/mol. The third kappa shape index (κ3) is 3.37. The van der Waals surface area contributed by atoms with Crippen LogP contribution in [0, 0.1) is 0 Å². The summed E-state index contributed by atoms with van der Waals surface area (Å²) in [5, 5.41) is 10.1. The number of aliphatic hydroxyl groups is 1. The van der Waals surface area contributed by atoms with E-state index in [9.17, 15) is 18.3 Å². The van der Waals surface area contributed by atoms with Gasteiger partial charge in [-0.25, -0.2) is 27.7 Å². The Hall–Kier alpha value is -2.59. The van der Waals surface area contributed by atoms with Crippen molar-refractivity contribution in [3.05, 3.63) is 40.4 Å². The van der Waals surface area contributed by atoms with E-state index in [1.54, 1.807) is 32.0 Å². The Morgan fingerprint density at radius 2 is 1.85 bits per heavy atom. The number of rotatable bonds is 4. The van der Waals surface area contributed by atoms with Crippen LogP contribution in [-0.2, 0) is 15.4 Å². The predicted octanol–water partition coefficient (Wildman–Crippen LogP) is 1.19. The summed E-state index contributed by atoms with van der Waals surface area (Å²) in [4.78, 5) is 25.2. The van der Waals surface area contributed by atoms with Crippen molar-refractivity contribution in [1.29, 1.82) is 0 Å². The molecule has 1 N–H and O–H groups in total. The van der Waals surface area contributed by atoms with Crippen LogP contribution in [-0.4, -0.2) is 44.1 Å². The molecule has 0 fully saturated rings. The Balaban J connectivity index is 2.44. The maximum Gasteiger partial charge on any atom is 0.278 e. The second-order valence-corrected chi connectivity index (χ2v) is 9.07. The van der Waals surface area contributed by atoms with Crippen molar-refractivity contribution in [2.24, 2.45) is 0 Å². The minimum atomic E-state index is -3.66. The van der Waals surface area contributed by atoms with Crippen LogP contribution in [0.4, 0.5) is 0 Å². The van der Waals surface area contributed by atoms with Gasteiger partial charge in [0, 0.05) is 18.5 Å². The molecule has 0 aliphatic rings. The number of fused-ring (bicyclic) bond motifs is 1. The molecule has 3 heterocycles. The van der Waals surface area contributed by atoms with Gasteiger partial charge in [0.15, 0.2) is 11.5 Å². The second kappa shape index (κ2) is 6.24. The number of pyridine rings is 1. The van der Waals surface area contributed by atoms with Gasteiger partial charge in [-0.2, -0.15) is 4.98 Å². The van der Waals surface area contributed by atoms with Gasteiger partial charge in [-0.05, 0) is 39.8 Å². The summed E-state index contributed by atoms with van der Waals surface area (Å²) in [6, 6.07) is 4.79. The highest BCUT2D eigenvalue weighted by Crippen LogP contribution is 2.22. The van der Waals surface area contributed by atoms with Crippen LogP contribution >= 0.6 is 0 Å². The summed E-state index contributed by atoms with van der Waals surface area (Å²) in [5.74, 6) is 0.341. The number of sulfone groups is 1. The Bertz CT molecular complexity index is 1190. The number of nitrogens with zero attached hydrogens (tertiary/aromatic N) is 5. The van der Waals surface area contributed by atoms with Gasteiger partial charge in [-0.1, -0.05) is 6.07 Å². The van der Waals surface area contributed by atoms with Crippen LogP contribution < -0.4 is 5.56 Å². The van der Waals surface area contributed by atoms with E-state index in [4.69, 9.17) is 0 Å². The average Bonchev–Trinajstić information content (AvgIpc) is 2.86. The number of hydrogen-bond donors (Lipinski definition) is 1.